The van der Waals surface area contributed by atoms with Gasteiger partial charge in [-0.2, -0.15) is 0 Å². The molecule has 0 rings (SSSR count). The highest BCUT2D eigenvalue weighted by Gasteiger charge is 2.29. The Kier molecular flexibility index (Phi) is 84.3. The van der Waals surface area contributed by atoms with Crippen molar-refractivity contribution in [2.24, 2.45) is 0 Å². The Labute approximate surface area is 701 Å². The summed E-state index contributed by atoms with van der Waals surface area (Å²) in [4.78, 5) is 59.0. The van der Waals surface area contributed by atoms with Crippen LogP contribution in [-0.4, -0.2) is 95.9 Å². The molecule has 5 atom stereocenters. The Morgan fingerprint density at radius 1 is 0.252 bits per heavy atom. The molecule has 0 bridgehead atoms. The van der Waals surface area contributed by atoms with Crippen LogP contribution in [-0.2, 0) is 55.8 Å². The van der Waals surface area contributed by atoms with Crippen LogP contribution in [0.4, 0.5) is 0 Å². The van der Waals surface area contributed by atoms with E-state index < -0.39 is 91.5 Å². The number of carbonyl (C=O) groups is 3. The second kappa shape index (κ2) is 88.2. The maximum atomic E-state index is 13.0. The zero-order valence-corrected chi connectivity index (χ0v) is 74.2. The number of rotatable bonds is 85. The molecule has 0 fully saturated rings. The van der Waals surface area contributed by atoms with E-state index in [2.05, 4.69) is 191 Å². The van der Waals surface area contributed by atoms with Gasteiger partial charge in [0, 0.05) is 19.3 Å². The predicted octanol–water partition coefficient (Wildman–Crippen LogP) is 27.9. The number of ether oxygens (including phenoxy) is 3. The fraction of sp³-hybridized carbons (Fsp3) is 0.680. The number of hydrogen-bond donors (Lipinski definition) is 4. The average Bonchev–Trinajstić information content (AvgIpc) is 0.902. The first-order chi connectivity index (χ1) is 56.2. The molecule has 18 heteroatoms. The van der Waals surface area contributed by atoms with Crippen molar-refractivity contribution in [3.8, 4) is 0 Å². The molecule has 0 saturated heterocycles. The standard InChI is InChI=1S/C97H164O16P2/c1-4-7-10-13-16-19-22-25-28-31-34-37-39-41-42-43-44-45-46-47-48-50-52-54-56-59-62-65-68-71-74-77-80-83-95(100)107-86-92(98)87-109-114(103,104)110-88-93(99)89-111-115(105,106)112-91-94(113-97(102)85-82-79-76-73-70-67-64-61-58-53-36-33-30-27-24-21-18-15-12-9-6-3)90-108-96(101)84-81-78-75-72-69-66-63-60-57-55-51-49-40-38-35-32-29-26-23-20-17-14-11-8-5-2/h7,9-10,12,16-21,25-30,34-38,41-42,49,51,53,61,64,92-94,98-99H,4-6,8,11,13-15,22-24,31-33,39-40,43-48,50,52,54-60,62-63,65-91H2,1-3H3,(H,103,104)(H,105,106)/b10-7-,12-9-,19-16-,20-17-,21-18-,28-25-,29-26-,30-27-,37-34-,38-35-,42-41-,51-49-,53-36-,64-61-. The first kappa shape index (κ1) is 110. The minimum absolute atomic E-state index is 0.0764. The number of allylic oxidation sites excluding steroid dienone is 28. The highest BCUT2D eigenvalue weighted by molar-refractivity contribution is 7.47. The topological polar surface area (TPSA) is 231 Å². The number of carbonyl (C=O) groups excluding carboxylic acids is 3. The average molecular weight is 1650 g/mol. The van der Waals surface area contributed by atoms with Crippen LogP contribution in [0.3, 0.4) is 0 Å². The van der Waals surface area contributed by atoms with Crippen molar-refractivity contribution >= 4 is 33.6 Å². The van der Waals surface area contributed by atoms with E-state index in [1.165, 1.54) is 141 Å². The number of esters is 3. The van der Waals surface area contributed by atoms with E-state index in [-0.39, 0.29) is 19.3 Å². The second-order valence-electron chi connectivity index (χ2n) is 30.0. The molecule has 0 aliphatic carbocycles. The molecule has 4 N–H and O–H groups in total. The first-order valence-corrected chi connectivity index (χ1v) is 48.4. The summed E-state index contributed by atoms with van der Waals surface area (Å²) in [6.45, 7) is 2.43. The summed E-state index contributed by atoms with van der Waals surface area (Å²) in [5.41, 5.74) is 0. The third-order valence-electron chi connectivity index (χ3n) is 18.9. The van der Waals surface area contributed by atoms with Crippen molar-refractivity contribution < 1.29 is 75.8 Å². The van der Waals surface area contributed by atoms with E-state index in [1.54, 1.807) is 0 Å². The number of phosphoric ester groups is 2. The number of phosphoric acid groups is 2. The highest BCUT2D eigenvalue weighted by Crippen LogP contribution is 2.45. The smallest absolute Gasteiger partial charge is 0.463 e. The summed E-state index contributed by atoms with van der Waals surface area (Å²) >= 11 is 0. The maximum absolute atomic E-state index is 13.0. The van der Waals surface area contributed by atoms with E-state index >= 15 is 0 Å². The van der Waals surface area contributed by atoms with E-state index in [9.17, 15) is 43.5 Å². The van der Waals surface area contributed by atoms with E-state index in [4.69, 9.17) is 32.3 Å². The molecule has 0 aliphatic heterocycles. The minimum Gasteiger partial charge on any atom is -0.463 e. The van der Waals surface area contributed by atoms with Crippen LogP contribution in [0, 0.1) is 0 Å². The molecule has 0 radical (unpaired) electrons. The van der Waals surface area contributed by atoms with Gasteiger partial charge < -0.3 is 34.2 Å². The van der Waals surface area contributed by atoms with Crippen molar-refractivity contribution in [2.45, 2.75) is 386 Å². The van der Waals surface area contributed by atoms with Gasteiger partial charge in [0.25, 0.3) is 0 Å². The number of aliphatic hydroxyl groups excluding tert-OH is 2. The molecule has 0 heterocycles. The predicted molar refractivity (Wildman–Crippen MR) is 482 cm³/mol. The summed E-state index contributed by atoms with van der Waals surface area (Å²) < 4.78 is 61.4. The van der Waals surface area contributed by atoms with Crippen molar-refractivity contribution in [3.05, 3.63) is 170 Å². The largest absolute Gasteiger partial charge is 0.472 e. The molecule has 16 nitrogen and oxygen atoms in total. The van der Waals surface area contributed by atoms with Crippen LogP contribution >= 0.6 is 15.6 Å². The van der Waals surface area contributed by atoms with E-state index in [0.29, 0.717) is 19.3 Å². The molecular weight excluding hydrogens is 1480 g/mol. The molecule has 658 valence electrons. The van der Waals surface area contributed by atoms with Crippen molar-refractivity contribution in [1.29, 1.82) is 0 Å². The zero-order valence-electron chi connectivity index (χ0n) is 72.4. The zero-order chi connectivity index (χ0) is 83.6. The fourth-order valence-electron chi connectivity index (χ4n) is 12.1. The molecule has 0 saturated carbocycles. The Bertz CT molecular complexity index is 2770. The van der Waals surface area contributed by atoms with Gasteiger partial charge in [0.05, 0.1) is 26.4 Å². The Hall–Kier alpha value is -5.09. The molecule has 0 aromatic rings. The van der Waals surface area contributed by atoms with Gasteiger partial charge in [-0.3, -0.25) is 32.5 Å². The molecule has 0 amide bonds. The van der Waals surface area contributed by atoms with Gasteiger partial charge in [0.1, 0.15) is 25.4 Å². The van der Waals surface area contributed by atoms with Gasteiger partial charge in [-0.1, -0.05) is 364 Å². The minimum atomic E-state index is -4.95. The van der Waals surface area contributed by atoms with Gasteiger partial charge in [0.2, 0.25) is 0 Å². The van der Waals surface area contributed by atoms with E-state index in [0.717, 1.165) is 167 Å². The van der Waals surface area contributed by atoms with Gasteiger partial charge in [-0.25, -0.2) is 9.13 Å². The third-order valence-corrected chi connectivity index (χ3v) is 20.8. The summed E-state index contributed by atoms with van der Waals surface area (Å²) in [6.07, 6.45) is 114. The lowest BCUT2D eigenvalue weighted by molar-refractivity contribution is -0.161. The third kappa shape index (κ3) is 89.5. The molecule has 0 aromatic carbocycles. The lowest BCUT2D eigenvalue weighted by atomic mass is 10.0. The summed E-state index contributed by atoms with van der Waals surface area (Å²) in [5.74, 6) is -1.60. The van der Waals surface area contributed by atoms with E-state index in [1.807, 2.05) is 0 Å². The monoisotopic (exact) mass is 1650 g/mol. The Balaban J connectivity index is 4.58. The molecule has 0 spiro atoms. The summed E-state index contributed by atoms with van der Waals surface area (Å²) in [5, 5.41) is 20.7. The summed E-state index contributed by atoms with van der Waals surface area (Å²) in [7, 11) is -9.82. The SMILES string of the molecule is CC/C=C\C/C=C\C/C=C\C/C=C\C/C=C\CCCCCCCCCCCCCCCCCCCC(=O)OCC(O)COP(=O)(O)OCC(O)COP(=O)(O)OCC(COC(=O)CCCCCCCCCCC/C=C\C/C=C\C/C=C\C/C=C\CCCCC)OC(=O)CCCCCCC/C=C\C/C=C\C/C=C\C/C=C\C/C=C\CC. The Morgan fingerprint density at radius 2 is 0.461 bits per heavy atom. The van der Waals surface area contributed by atoms with Crippen molar-refractivity contribution in [3.63, 3.8) is 0 Å². The maximum Gasteiger partial charge on any atom is 0.472 e. The lowest BCUT2D eigenvalue weighted by Crippen LogP contribution is -2.30. The molecular formula is C97H164O16P2. The van der Waals surface area contributed by atoms with Gasteiger partial charge in [0.15, 0.2) is 6.10 Å². The van der Waals surface area contributed by atoms with Gasteiger partial charge >= 0.3 is 33.6 Å². The lowest BCUT2D eigenvalue weighted by Gasteiger charge is -2.21. The van der Waals surface area contributed by atoms with Crippen LogP contribution in [0.5, 0.6) is 0 Å². The Morgan fingerprint density at radius 3 is 0.730 bits per heavy atom. The number of hydrogen-bond acceptors (Lipinski definition) is 14. The molecule has 5 unspecified atom stereocenters. The molecule has 0 aliphatic rings. The van der Waals surface area contributed by atoms with Crippen molar-refractivity contribution in [2.75, 3.05) is 39.6 Å². The fourth-order valence-corrected chi connectivity index (χ4v) is 13.7. The highest BCUT2D eigenvalue weighted by atomic mass is 31.2. The first-order valence-electron chi connectivity index (χ1n) is 45.4. The van der Waals surface area contributed by atoms with Gasteiger partial charge in [-0.15, -0.1) is 0 Å². The van der Waals surface area contributed by atoms with Crippen LogP contribution < -0.4 is 0 Å². The normalized spacial score (nSPS) is 14.6. The second-order valence-corrected chi connectivity index (χ2v) is 32.9. The van der Waals surface area contributed by atoms with Crippen molar-refractivity contribution in [1.82, 2.24) is 0 Å². The quantitative estimate of drug-likeness (QED) is 0.0146. The van der Waals surface area contributed by atoms with Crippen LogP contribution in [0.2, 0.25) is 0 Å². The number of unbranched alkanes of at least 4 members (excludes halogenated alkanes) is 34. The summed E-state index contributed by atoms with van der Waals surface area (Å²) in [6, 6.07) is 0. The molecule has 115 heavy (non-hydrogen) atoms. The van der Waals surface area contributed by atoms with Crippen LogP contribution in [0.25, 0.3) is 0 Å². The van der Waals surface area contributed by atoms with Crippen LogP contribution in [0.1, 0.15) is 367 Å². The number of aliphatic hydroxyl groups is 2. The van der Waals surface area contributed by atoms with Gasteiger partial charge in [-0.05, 0) is 154 Å². The van der Waals surface area contributed by atoms with Crippen LogP contribution in [0.15, 0.2) is 170 Å². The molecule has 0 aromatic heterocycles.